The molecule has 0 bridgehead atoms. The summed E-state index contributed by atoms with van der Waals surface area (Å²) in [5.41, 5.74) is 6.85. The predicted octanol–water partition coefficient (Wildman–Crippen LogP) is 0.767. The van der Waals surface area contributed by atoms with Crippen molar-refractivity contribution in [2.45, 2.75) is 31.8 Å². The Morgan fingerprint density at radius 1 is 1.37 bits per heavy atom. The average molecular weight is 261 g/mol. The summed E-state index contributed by atoms with van der Waals surface area (Å²) in [5.74, 6) is 0.0480. The summed E-state index contributed by atoms with van der Waals surface area (Å²) in [6, 6.07) is 10.1. The molecule has 1 saturated heterocycles. The third-order valence-corrected chi connectivity index (χ3v) is 3.56. The Bertz CT molecular complexity index is 430. The summed E-state index contributed by atoms with van der Waals surface area (Å²) in [6.45, 7) is 6.17. The lowest BCUT2D eigenvalue weighted by Crippen LogP contribution is -2.66. The summed E-state index contributed by atoms with van der Waals surface area (Å²) >= 11 is 0. The van der Waals surface area contributed by atoms with E-state index in [1.807, 2.05) is 32.0 Å². The number of piperazine rings is 1. The lowest BCUT2D eigenvalue weighted by atomic mass is 9.97. The summed E-state index contributed by atoms with van der Waals surface area (Å²) in [4.78, 5) is 14.2. The number of hydrogen-bond donors (Lipinski definition) is 2. The van der Waals surface area contributed by atoms with Crippen molar-refractivity contribution in [2.75, 3.05) is 19.6 Å². The molecule has 0 radical (unpaired) electrons. The first-order chi connectivity index (χ1) is 9.02. The molecule has 1 aromatic rings. The van der Waals surface area contributed by atoms with Gasteiger partial charge in [0.2, 0.25) is 5.91 Å². The molecular weight excluding hydrogens is 238 g/mol. The first kappa shape index (κ1) is 14.0. The largest absolute Gasteiger partial charge is 0.349 e. The molecule has 1 aliphatic rings. The van der Waals surface area contributed by atoms with Crippen molar-refractivity contribution in [3.63, 3.8) is 0 Å². The van der Waals surface area contributed by atoms with Crippen molar-refractivity contribution < 1.29 is 4.79 Å². The van der Waals surface area contributed by atoms with E-state index in [1.54, 1.807) is 0 Å². The molecule has 1 aliphatic heterocycles. The Kier molecular flexibility index (Phi) is 4.22. The van der Waals surface area contributed by atoms with Crippen LogP contribution in [0.1, 0.15) is 19.4 Å². The number of nitrogens with one attached hydrogen (secondary N) is 1. The molecule has 1 amide bonds. The van der Waals surface area contributed by atoms with Gasteiger partial charge in [0.15, 0.2) is 0 Å². The highest BCUT2D eigenvalue weighted by Gasteiger charge is 2.37. The molecule has 0 saturated carbocycles. The molecular formula is C15H23N3O. The normalized spacial score (nSPS) is 23.1. The number of benzene rings is 1. The monoisotopic (exact) mass is 261 g/mol. The smallest absolute Gasteiger partial charge is 0.239 e. The Labute approximate surface area is 115 Å². The number of carbonyl (C=O) groups excluding carboxylic acids is 1. The van der Waals surface area contributed by atoms with Gasteiger partial charge in [0.05, 0.1) is 0 Å². The van der Waals surface area contributed by atoms with E-state index in [0.717, 1.165) is 19.5 Å². The van der Waals surface area contributed by atoms with Crippen molar-refractivity contribution in [3.05, 3.63) is 35.9 Å². The second-order valence-electron chi connectivity index (χ2n) is 5.83. The van der Waals surface area contributed by atoms with Crippen LogP contribution in [0.4, 0.5) is 0 Å². The van der Waals surface area contributed by atoms with E-state index >= 15 is 0 Å². The van der Waals surface area contributed by atoms with Crippen LogP contribution in [0.3, 0.4) is 0 Å². The Morgan fingerprint density at radius 3 is 2.68 bits per heavy atom. The molecule has 19 heavy (non-hydrogen) atoms. The zero-order valence-electron chi connectivity index (χ0n) is 11.7. The Hall–Kier alpha value is -1.39. The van der Waals surface area contributed by atoms with Gasteiger partial charge in [0.25, 0.3) is 0 Å². The van der Waals surface area contributed by atoms with Gasteiger partial charge in [0, 0.05) is 25.2 Å². The lowest BCUT2D eigenvalue weighted by Gasteiger charge is -2.43. The Balaban J connectivity index is 2.02. The quantitative estimate of drug-likeness (QED) is 0.841. The van der Waals surface area contributed by atoms with E-state index in [1.165, 1.54) is 5.56 Å². The van der Waals surface area contributed by atoms with Crippen molar-refractivity contribution >= 4 is 5.91 Å². The average Bonchev–Trinajstić information content (AvgIpc) is 2.36. The summed E-state index contributed by atoms with van der Waals surface area (Å²) in [5, 5.41) is 3.02. The van der Waals surface area contributed by atoms with Gasteiger partial charge in [0.1, 0.15) is 6.04 Å². The van der Waals surface area contributed by atoms with Gasteiger partial charge in [-0.2, -0.15) is 0 Å². The van der Waals surface area contributed by atoms with Crippen molar-refractivity contribution in [1.29, 1.82) is 0 Å². The maximum atomic E-state index is 12.0. The molecule has 4 heteroatoms. The maximum Gasteiger partial charge on any atom is 0.239 e. The van der Waals surface area contributed by atoms with Gasteiger partial charge < -0.3 is 11.1 Å². The van der Waals surface area contributed by atoms with Crippen LogP contribution >= 0.6 is 0 Å². The molecule has 0 aromatic heterocycles. The fraction of sp³-hybridized carbons (Fsp3) is 0.533. The molecule has 1 heterocycles. The van der Waals surface area contributed by atoms with Crippen molar-refractivity contribution in [1.82, 2.24) is 10.2 Å². The van der Waals surface area contributed by atoms with E-state index < -0.39 is 0 Å². The fourth-order valence-corrected chi connectivity index (χ4v) is 2.65. The zero-order valence-corrected chi connectivity index (χ0v) is 11.7. The van der Waals surface area contributed by atoms with Crippen LogP contribution in [0.2, 0.25) is 0 Å². The van der Waals surface area contributed by atoms with E-state index in [0.29, 0.717) is 6.54 Å². The van der Waals surface area contributed by atoms with E-state index in [2.05, 4.69) is 22.3 Å². The first-order valence-corrected chi connectivity index (χ1v) is 6.82. The van der Waals surface area contributed by atoms with Crippen molar-refractivity contribution in [2.24, 2.45) is 5.73 Å². The molecule has 1 fully saturated rings. The molecule has 1 aromatic carbocycles. The third kappa shape index (κ3) is 3.55. The molecule has 1 unspecified atom stereocenters. The van der Waals surface area contributed by atoms with Crippen LogP contribution in [0.5, 0.6) is 0 Å². The highest BCUT2D eigenvalue weighted by molar-refractivity contribution is 5.83. The number of nitrogens with zero attached hydrogens (tertiary/aromatic N) is 1. The van der Waals surface area contributed by atoms with E-state index in [-0.39, 0.29) is 17.5 Å². The van der Waals surface area contributed by atoms with Crippen molar-refractivity contribution in [3.8, 4) is 0 Å². The third-order valence-electron chi connectivity index (χ3n) is 3.56. The van der Waals surface area contributed by atoms with Crippen LogP contribution in [0.15, 0.2) is 30.3 Å². The number of nitrogens with two attached hydrogens (primary N) is 1. The number of amides is 1. The minimum absolute atomic E-state index is 0.0480. The predicted molar refractivity (Wildman–Crippen MR) is 76.8 cm³/mol. The molecule has 3 N–H and O–H groups in total. The van der Waals surface area contributed by atoms with E-state index in [4.69, 9.17) is 5.73 Å². The fourth-order valence-electron chi connectivity index (χ4n) is 2.65. The highest BCUT2D eigenvalue weighted by Crippen LogP contribution is 2.16. The number of carbonyl (C=O) groups is 1. The second-order valence-corrected chi connectivity index (χ2v) is 5.83. The standard InChI is InChI=1S/C15H23N3O/c1-15(2)11-18(13(10-16)14(19)17-15)9-8-12-6-4-3-5-7-12/h3-7,13H,8-11,16H2,1-2H3,(H,17,19). The molecule has 0 spiro atoms. The van der Waals surface area contributed by atoms with Gasteiger partial charge in [-0.3, -0.25) is 9.69 Å². The van der Waals surface area contributed by atoms with Crippen LogP contribution in [-0.4, -0.2) is 42.0 Å². The van der Waals surface area contributed by atoms with Gasteiger partial charge in [-0.1, -0.05) is 30.3 Å². The van der Waals surface area contributed by atoms with E-state index in [9.17, 15) is 4.79 Å². The Morgan fingerprint density at radius 2 is 2.05 bits per heavy atom. The second kappa shape index (κ2) is 5.72. The molecule has 0 aliphatic carbocycles. The molecule has 104 valence electrons. The van der Waals surface area contributed by atoms with Crippen LogP contribution in [0, 0.1) is 0 Å². The number of hydrogen-bond acceptors (Lipinski definition) is 3. The van der Waals surface area contributed by atoms with Crippen LogP contribution < -0.4 is 11.1 Å². The molecule has 1 atom stereocenters. The van der Waals surface area contributed by atoms with Gasteiger partial charge >= 0.3 is 0 Å². The number of rotatable bonds is 4. The SMILES string of the molecule is CC1(C)CN(CCc2ccccc2)C(CN)C(=O)N1. The van der Waals surface area contributed by atoms with Gasteiger partial charge in [-0.05, 0) is 25.8 Å². The summed E-state index contributed by atoms with van der Waals surface area (Å²) in [6.07, 6.45) is 0.945. The first-order valence-electron chi connectivity index (χ1n) is 6.82. The van der Waals surface area contributed by atoms with Crippen LogP contribution in [0.25, 0.3) is 0 Å². The van der Waals surface area contributed by atoms with Gasteiger partial charge in [-0.15, -0.1) is 0 Å². The van der Waals surface area contributed by atoms with Gasteiger partial charge in [-0.25, -0.2) is 0 Å². The maximum absolute atomic E-state index is 12.0. The minimum Gasteiger partial charge on any atom is -0.349 e. The molecule has 2 rings (SSSR count). The zero-order chi connectivity index (χ0) is 13.9. The summed E-state index contributed by atoms with van der Waals surface area (Å²) < 4.78 is 0. The highest BCUT2D eigenvalue weighted by atomic mass is 16.2. The minimum atomic E-state index is -0.197. The summed E-state index contributed by atoms with van der Waals surface area (Å²) in [7, 11) is 0. The van der Waals surface area contributed by atoms with Crippen LogP contribution in [-0.2, 0) is 11.2 Å². The topological polar surface area (TPSA) is 58.4 Å². The lowest BCUT2D eigenvalue weighted by molar-refractivity contribution is -0.132. The molecule has 4 nitrogen and oxygen atoms in total.